The zero-order chi connectivity index (χ0) is 43.6. The van der Waals surface area contributed by atoms with Gasteiger partial charge in [0.05, 0.1) is 22.9 Å². The van der Waals surface area contributed by atoms with E-state index in [-0.39, 0.29) is 16.6 Å². The summed E-state index contributed by atoms with van der Waals surface area (Å²) in [6, 6.07) is 33.2. The third kappa shape index (κ3) is 4.58. The molecule has 6 saturated heterocycles. The van der Waals surface area contributed by atoms with Gasteiger partial charge in [-0.1, -0.05) is 54.6 Å². The molecule has 64 heavy (non-hydrogen) atoms. The van der Waals surface area contributed by atoms with E-state index in [9.17, 15) is 0 Å². The van der Waals surface area contributed by atoms with Gasteiger partial charge in [-0.2, -0.15) is 11.3 Å². The molecule has 330 valence electrons. The molecule has 6 aromatic rings. The van der Waals surface area contributed by atoms with Crippen molar-refractivity contribution in [3.63, 3.8) is 0 Å². The highest BCUT2D eigenvalue weighted by molar-refractivity contribution is 7.08. The number of hydrogen-bond donors (Lipinski definition) is 0. The number of thiophene rings is 1. The number of benzene rings is 3. The minimum atomic E-state index is 0.102. The molecule has 0 spiro atoms. The summed E-state index contributed by atoms with van der Waals surface area (Å²) in [6.07, 6.45) is 20.2. The lowest BCUT2D eigenvalue weighted by atomic mass is 9.48. The maximum absolute atomic E-state index is 6.01. The molecule has 18 aliphatic rings. The molecule has 9 aliphatic heterocycles. The van der Waals surface area contributed by atoms with Crippen LogP contribution in [0, 0.1) is 20.8 Å². The Balaban J connectivity index is 0.0000000967. The highest BCUT2D eigenvalue weighted by Crippen LogP contribution is 2.70. The van der Waals surface area contributed by atoms with E-state index < -0.39 is 0 Å². The average molecular weight is 867 g/mol. The maximum Gasteiger partial charge on any atom is 0.133 e. The van der Waals surface area contributed by atoms with E-state index in [1.807, 2.05) is 17.6 Å². The van der Waals surface area contributed by atoms with Crippen molar-refractivity contribution in [2.75, 3.05) is 14.7 Å². The smallest absolute Gasteiger partial charge is 0.133 e. The fourth-order valence-electron chi connectivity index (χ4n) is 17.2. The lowest BCUT2D eigenvalue weighted by Crippen LogP contribution is -2.72. The van der Waals surface area contributed by atoms with Crippen LogP contribution in [-0.2, 0) is 39.9 Å². The third-order valence-corrected chi connectivity index (χ3v) is 21.1. The highest BCUT2D eigenvalue weighted by atomic mass is 32.1. The van der Waals surface area contributed by atoms with Crippen LogP contribution in [0.25, 0.3) is 0 Å². The van der Waals surface area contributed by atoms with E-state index in [2.05, 4.69) is 170 Å². The summed E-state index contributed by atoms with van der Waals surface area (Å²) in [5, 5.41) is 4.90. The summed E-state index contributed by atoms with van der Waals surface area (Å²) in [7, 11) is 2.24. The van der Waals surface area contributed by atoms with Crippen molar-refractivity contribution in [2.24, 2.45) is 7.05 Å². The van der Waals surface area contributed by atoms with Gasteiger partial charge in [0.25, 0.3) is 0 Å². The van der Waals surface area contributed by atoms with Crippen molar-refractivity contribution in [1.82, 2.24) is 4.57 Å². The third-order valence-electron chi connectivity index (χ3n) is 20.4. The van der Waals surface area contributed by atoms with Gasteiger partial charge in [0, 0.05) is 75.9 Å². The second-order valence-corrected chi connectivity index (χ2v) is 22.9. The Morgan fingerprint density at radius 1 is 0.469 bits per heavy atom. The van der Waals surface area contributed by atoms with Crippen molar-refractivity contribution in [3.8, 4) is 0 Å². The topological polar surface area (TPSA) is 27.8 Å². The van der Waals surface area contributed by atoms with Crippen molar-refractivity contribution in [1.29, 1.82) is 0 Å². The fourth-order valence-corrected chi connectivity index (χ4v) is 18.2. The predicted octanol–water partition coefficient (Wildman–Crippen LogP) is 13.8. The number of rotatable bonds is 3. The molecule has 3 aromatic heterocycles. The molecule has 9 aliphatic carbocycles. The van der Waals surface area contributed by atoms with Crippen molar-refractivity contribution in [3.05, 3.63) is 159 Å². The maximum atomic E-state index is 6.01. The normalized spacial score (nSPS) is 35.7. The summed E-state index contributed by atoms with van der Waals surface area (Å²) >= 11 is 1.92. The Bertz CT molecular complexity index is 2690. The number of aromatic nitrogens is 1. The second-order valence-electron chi connectivity index (χ2n) is 22.1. The predicted molar refractivity (Wildman–Crippen MR) is 263 cm³/mol. The Kier molecular flexibility index (Phi) is 8.20. The van der Waals surface area contributed by atoms with Gasteiger partial charge in [0.15, 0.2) is 0 Å². The Morgan fingerprint density at radius 3 is 1.42 bits per heavy atom. The van der Waals surface area contributed by atoms with Gasteiger partial charge >= 0.3 is 0 Å². The van der Waals surface area contributed by atoms with Crippen molar-refractivity contribution >= 4 is 28.4 Å². The zero-order valence-corrected chi connectivity index (χ0v) is 40.0. The average Bonchev–Trinajstić information content (AvgIpc) is 4.14. The molecule has 3 atom stereocenters. The van der Waals surface area contributed by atoms with Crippen LogP contribution in [0.3, 0.4) is 0 Å². The Morgan fingerprint density at radius 2 is 0.891 bits per heavy atom. The minimum absolute atomic E-state index is 0.102. The van der Waals surface area contributed by atoms with Crippen molar-refractivity contribution in [2.45, 2.75) is 170 Å². The molecule has 0 radical (unpaired) electrons. The number of para-hydroxylation sites is 3. The van der Waals surface area contributed by atoms with Crippen LogP contribution in [0.15, 0.2) is 113 Å². The summed E-state index contributed by atoms with van der Waals surface area (Å²) in [4.78, 5) is 8.28. The molecule has 0 amide bonds. The van der Waals surface area contributed by atoms with Crippen LogP contribution in [-0.4, -0.2) is 22.7 Å². The molecular weight excluding hydrogens is 801 g/mol. The fraction of sp³-hybridized carbons (Fsp3) is 0.483. The quantitative estimate of drug-likeness (QED) is 0.177. The van der Waals surface area contributed by atoms with Gasteiger partial charge in [0.2, 0.25) is 0 Å². The van der Waals surface area contributed by atoms with Gasteiger partial charge in [-0.05, 0) is 193 Å². The van der Waals surface area contributed by atoms with E-state index in [1.165, 1.54) is 122 Å². The number of aryl methyl sites for hydroxylation is 4. The van der Waals surface area contributed by atoms with Crippen LogP contribution in [0.4, 0.5) is 17.1 Å². The highest BCUT2D eigenvalue weighted by Gasteiger charge is 2.68. The summed E-state index contributed by atoms with van der Waals surface area (Å²) in [5.41, 5.74) is 18.3. The summed E-state index contributed by atoms with van der Waals surface area (Å²) in [6.45, 7) is 14.1. The molecule has 3 aromatic carbocycles. The molecule has 9 fully saturated rings. The van der Waals surface area contributed by atoms with Crippen LogP contribution < -0.4 is 14.7 Å². The van der Waals surface area contributed by atoms with E-state index in [0.29, 0.717) is 34.4 Å². The van der Waals surface area contributed by atoms with E-state index in [0.717, 1.165) is 0 Å². The standard InChI is InChI=1S/C20H24N2.C19H21NO.C19H21NS/c1-14-6-4-5-7-17(14)22-15(2)19-9-11-20(22,12-10-19)18-16(19)8-13-21(18)3;1-13-5-3-4-6-16(13)20-14(2)18-8-10-19(20,11-9-18)17-15(18)7-12-21-17;1-13-5-3-4-6-17(13)20-14(2)18-7-9-19(20,10-8-18)16-12-21-11-15(16)18/h4-8,13,15H,9-12H2,1-3H3;3-7,12,14H,8-11H2,1-2H3;3-6,11-12,14H,7-10H2,1-2H3. The van der Waals surface area contributed by atoms with Gasteiger partial charge in [-0.25, -0.2) is 0 Å². The Hall–Kier alpha value is -4.68. The lowest BCUT2D eigenvalue weighted by molar-refractivity contribution is 0.0373. The molecule has 12 heterocycles. The molecular formula is C58H66N4OS. The van der Waals surface area contributed by atoms with Crippen LogP contribution >= 0.6 is 11.3 Å². The lowest BCUT2D eigenvalue weighted by Gasteiger charge is -2.69. The van der Waals surface area contributed by atoms with Gasteiger partial charge in [0.1, 0.15) is 5.76 Å². The molecule has 3 saturated carbocycles. The monoisotopic (exact) mass is 866 g/mol. The number of furan rings is 1. The van der Waals surface area contributed by atoms with E-state index in [4.69, 9.17) is 4.42 Å². The van der Waals surface area contributed by atoms with E-state index >= 15 is 0 Å². The second kappa shape index (κ2) is 13.2. The van der Waals surface area contributed by atoms with Crippen LogP contribution in [0.5, 0.6) is 0 Å². The molecule has 6 heteroatoms. The molecule has 3 unspecified atom stereocenters. The number of nitrogens with zero attached hydrogens (tertiary/aromatic N) is 4. The first-order valence-corrected chi connectivity index (χ1v) is 25.8. The summed E-state index contributed by atoms with van der Waals surface area (Å²) in [5.74, 6) is 1.27. The first-order valence-electron chi connectivity index (χ1n) is 24.9. The van der Waals surface area contributed by atoms with Crippen LogP contribution in [0.1, 0.15) is 148 Å². The zero-order valence-electron chi connectivity index (χ0n) is 39.2. The summed E-state index contributed by atoms with van der Waals surface area (Å²) < 4.78 is 8.41. The Labute approximate surface area is 385 Å². The molecule has 0 N–H and O–H groups in total. The SMILES string of the molecule is Cc1ccccc1N1C(C)C23CCC1(CC2)c1c3ccn1C.Cc1ccccc1N1C(C)C23CCC1(CC2)c1cscc13.Cc1ccccc1N1C(C)C23CCC1(CC2)c1occc13. The number of anilines is 3. The van der Waals surface area contributed by atoms with Crippen molar-refractivity contribution < 1.29 is 4.42 Å². The van der Waals surface area contributed by atoms with E-state index in [1.54, 1.807) is 22.4 Å². The largest absolute Gasteiger partial charge is 0.467 e. The van der Waals surface area contributed by atoms with Crippen LogP contribution in [0.2, 0.25) is 0 Å². The van der Waals surface area contributed by atoms with Gasteiger partial charge in [-0.15, -0.1) is 0 Å². The number of hydrogen-bond acceptors (Lipinski definition) is 5. The molecule has 5 nitrogen and oxygen atoms in total. The molecule has 6 bridgehead atoms. The first kappa shape index (κ1) is 39.7. The number of piperidine rings is 6. The van der Waals surface area contributed by atoms with Gasteiger partial charge in [-0.3, -0.25) is 0 Å². The first-order chi connectivity index (χ1) is 31.0. The molecule has 24 rings (SSSR count). The van der Waals surface area contributed by atoms with Gasteiger partial charge < -0.3 is 23.7 Å². The minimum Gasteiger partial charge on any atom is -0.467 e.